The van der Waals surface area contributed by atoms with Crippen LogP contribution in [0.15, 0.2) is 54.6 Å². The zero-order chi connectivity index (χ0) is 16.9. The van der Waals surface area contributed by atoms with Gasteiger partial charge in [-0.1, -0.05) is 29.8 Å². The normalized spacial score (nSPS) is 17.4. The minimum absolute atomic E-state index is 0.0730. The lowest BCUT2D eigenvalue weighted by molar-refractivity contribution is 0.0851. The molecule has 0 bridgehead atoms. The van der Waals surface area contributed by atoms with Crippen LogP contribution in [0.4, 0.5) is 10.5 Å². The molecule has 1 unspecified atom stereocenters. The number of carbonyl (C=O) groups is 2. The number of para-hydroxylation sites is 1. The summed E-state index contributed by atoms with van der Waals surface area (Å²) in [7, 11) is 0. The summed E-state index contributed by atoms with van der Waals surface area (Å²) in [5, 5.41) is 3.49. The zero-order valence-corrected chi connectivity index (χ0v) is 14.0. The third-order valence-corrected chi connectivity index (χ3v) is 4.49. The number of nitrogens with one attached hydrogen (secondary N) is 1. The number of nitrogens with zero attached hydrogens (tertiary/aromatic N) is 1. The van der Waals surface area contributed by atoms with Gasteiger partial charge in [-0.2, -0.15) is 0 Å². The van der Waals surface area contributed by atoms with Gasteiger partial charge >= 0.3 is 6.03 Å². The van der Waals surface area contributed by atoms with E-state index in [1.54, 1.807) is 29.2 Å². The highest BCUT2D eigenvalue weighted by atomic mass is 35.5. The Morgan fingerprint density at radius 2 is 1.75 bits per heavy atom. The van der Waals surface area contributed by atoms with Crippen molar-refractivity contribution in [2.75, 3.05) is 18.4 Å². The molecule has 0 aromatic heterocycles. The third kappa shape index (κ3) is 3.95. The van der Waals surface area contributed by atoms with E-state index in [-0.39, 0.29) is 17.7 Å². The standard InChI is InChI=1S/C19H19ClN2O2/c20-16-10-8-14(9-11-16)18(23)15-5-4-12-22(13-15)19(24)21-17-6-2-1-3-7-17/h1-3,6-11,15H,4-5,12-13H2,(H,21,24). The minimum Gasteiger partial charge on any atom is -0.324 e. The van der Waals surface area contributed by atoms with E-state index >= 15 is 0 Å². The summed E-state index contributed by atoms with van der Waals surface area (Å²) in [6.07, 6.45) is 1.63. The topological polar surface area (TPSA) is 49.4 Å². The first-order chi connectivity index (χ1) is 11.6. The van der Waals surface area contributed by atoms with E-state index in [0.717, 1.165) is 18.5 Å². The summed E-state index contributed by atoms with van der Waals surface area (Å²) in [6, 6.07) is 16.1. The first-order valence-corrected chi connectivity index (χ1v) is 8.42. The number of ketones is 1. The lowest BCUT2D eigenvalue weighted by Gasteiger charge is -2.32. The summed E-state index contributed by atoms with van der Waals surface area (Å²) in [5.41, 5.74) is 1.41. The number of hydrogen-bond donors (Lipinski definition) is 1. The highest BCUT2D eigenvalue weighted by Crippen LogP contribution is 2.22. The van der Waals surface area contributed by atoms with E-state index < -0.39 is 0 Å². The molecule has 0 aliphatic carbocycles. The third-order valence-electron chi connectivity index (χ3n) is 4.23. The number of anilines is 1. The monoisotopic (exact) mass is 342 g/mol. The Labute approximate surface area is 146 Å². The first kappa shape index (κ1) is 16.5. The molecule has 124 valence electrons. The summed E-state index contributed by atoms with van der Waals surface area (Å²) in [5.74, 6) is -0.0923. The van der Waals surface area contributed by atoms with E-state index in [0.29, 0.717) is 23.7 Å². The molecule has 5 heteroatoms. The maximum Gasteiger partial charge on any atom is 0.321 e. The van der Waals surface area contributed by atoms with E-state index in [4.69, 9.17) is 11.6 Å². The van der Waals surface area contributed by atoms with Gasteiger partial charge in [0.1, 0.15) is 0 Å². The van der Waals surface area contributed by atoms with Crippen LogP contribution in [0.1, 0.15) is 23.2 Å². The SMILES string of the molecule is O=C(c1ccc(Cl)cc1)C1CCCN(C(=O)Nc2ccccc2)C1. The maximum atomic E-state index is 12.6. The number of piperidine rings is 1. The van der Waals surface area contributed by atoms with Gasteiger partial charge in [0.05, 0.1) is 0 Å². The van der Waals surface area contributed by atoms with Gasteiger partial charge < -0.3 is 10.2 Å². The fourth-order valence-electron chi connectivity index (χ4n) is 2.95. The summed E-state index contributed by atoms with van der Waals surface area (Å²) in [4.78, 5) is 26.8. The fraction of sp³-hybridized carbons (Fsp3) is 0.263. The van der Waals surface area contributed by atoms with Crippen molar-refractivity contribution in [1.29, 1.82) is 0 Å². The van der Waals surface area contributed by atoms with Gasteiger partial charge in [-0.3, -0.25) is 4.79 Å². The molecular weight excluding hydrogens is 324 g/mol. The zero-order valence-electron chi connectivity index (χ0n) is 13.2. The molecule has 1 N–H and O–H groups in total. The van der Waals surface area contributed by atoms with Gasteiger partial charge in [0.15, 0.2) is 5.78 Å². The number of amides is 2. The van der Waals surface area contributed by atoms with Crippen molar-refractivity contribution >= 4 is 29.1 Å². The smallest absolute Gasteiger partial charge is 0.321 e. The van der Waals surface area contributed by atoms with Crippen molar-refractivity contribution < 1.29 is 9.59 Å². The molecule has 1 fully saturated rings. The lowest BCUT2D eigenvalue weighted by atomic mass is 9.90. The van der Waals surface area contributed by atoms with Crippen molar-refractivity contribution in [3.8, 4) is 0 Å². The number of rotatable bonds is 3. The van der Waals surface area contributed by atoms with Crippen LogP contribution in [-0.4, -0.2) is 29.8 Å². The molecule has 1 aliphatic heterocycles. The molecule has 2 aromatic carbocycles. The molecule has 2 amide bonds. The van der Waals surface area contributed by atoms with Crippen LogP contribution in [0.5, 0.6) is 0 Å². The lowest BCUT2D eigenvalue weighted by Crippen LogP contribution is -2.44. The van der Waals surface area contributed by atoms with Crippen LogP contribution in [0, 0.1) is 5.92 Å². The predicted molar refractivity (Wildman–Crippen MR) is 95.5 cm³/mol. The molecule has 0 saturated carbocycles. The number of carbonyl (C=O) groups excluding carboxylic acids is 2. The van der Waals surface area contributed by atoms with Gasteiger partial charge in [-0.05, 0) is 49.2 Å². The van der Waals surface area contributed by atoms with Gasteiger partial charge in [-0.15, -0.1) is 0 Å². The molecule has 0 radical (unpaired) electrons. The second kappa shape index (κ2) is 7.49. The Hall–Kier alpha value is -2.33. The molecule has 4 nitrogen and oxygen atoms in total. The van der Waals surface area contributed by atoms with E-state index in [2.05, 4.69) is 5.32 Å². The molecular formula is C19H19ClN2O2. The molecule has 1 aliphatic rings. The quantitative estimate of drug-likeness (QED) is 0.837. The van der Waals surface area contributed by atoms with Gasteiger partial charge in [-0.25, -0.2) is 4.79 Å². The largest absolute Gasteiger partial charge is 0.324 e. The molecule has 1 saturated heterocycles. The average Bonchev–Trinajstić information content (AvgIpc) is 2.63. The fourth-order valence-corrected chi connectivity index (χ4v) is 3.08. The van der Waals surface area contributed by atoms with Crippen LogP contribution in [0.25, 0.3) is 0 Å². The maximum absolute atomic E-state index is 12.6. The Morgan fingerprint density at radius 3 is 2.46 bits per heavy atom. The molecule has 24 heavy (non-hydrogen) atoms. The van der Waals surface area contributed by atoms with Crippen LogP contribution in [0.2, 0.25) is 5.02 Å². The summed E-state index contributed by atoms with van der Waals surface area (Å²) < 4.78 is 0. The van der Waals surface area contributed by atoms with Crippen molar-refractivity contribution in [2.45, 2.75) is 12.8 Å². The number of hydrogen-bond acceptors (Lipinski definition) is 2. The molecule has 3 rings (SSSR count). The van der Waals surface area contributed by atoms with Crippen LogP contribution in [-0.2, 0) is 0 Å². The number of halogens is 1. The molecule has 2 aromatic rings. The minimum atomic E-state index is -0.165. The number of likely N-dealkylation sites (tertiary alicyclic amines) is 1. The van der Waals surface area contributed by atoms with Gasteiger partial charge in [0, 0.05) is 35.3 Å². The molecule has 1 heterocycles. The second-order valence-corrected chi connectivity index (χ2v) is 6.39. The molecule has 1 atom stereocenters. The van der Waals surface area contributed by atoms with E-state index in [9.17, 15) is 9.59 Å². The highest BCUT2D eigenvalue weighted by Gasteiger charge is 2.29. The number of Topliss-reactive ketones (excluding diaryl/α,β-unsaturated/α-hetero) is 1. The summed E-state index contributed by atoms with van der Waals surface area (Å²) in [6.45, 7) is 1.11. The number of benzene rings is 2. The van der Waals surface area contributed by atoms with Crippen molar-refractivity contribution in [1.82, 2.24) is 4.90 Å². The van der Waals surface area contributed by atoms with Crippen molar-refractivity contribution in [3.63, 3.8) is 0 Å². The Morgan fingerprint density at radius 1 is 1.04 bits per heavy atom. The van der Waals surface area contributed by atoms with Gasteiger partial charge in [0.2, 0.25) is 0 Å². The van der Waals surface area contributed by atoms with Crippen molar-refractivity contribution in [3.05, 3.63) is 65.2 Å². The van der Waals surface area contributed by atoms with Crippen LogP contribution < -0.4 is 5.32 Å². The van der Waals surface area contributed by atoms with Crippen LogP contribution >= 0.6 is 11.6 Å². The number of urea groups is 1. The Bertz CT molecular complexity index is 716. The summed E-state index contributed by atoms with van der Waals surface area (Å²) >= 11 is 5.87. The Balaban J connectivity index is 1.64. The predicted octanol–water partition coefficient (Wildman–Crippen LogP) is 4.47. The van der Waals surface area contributed by atoms with Gasteiger partial charge in [0.25, 0.3) is 0 Å². The highest BCUT2D eigenvalue weighted by molar-refractivity contribution is 6.30. The molecule has 0 spiro atoms. The van der Waals surface area contributed by atoms with E-state index in [1.807, 2.05) is 30.3 Å². The van der Waals surface area contributed by atoms with E-state index in [1.165, 1.54) is 0 Å². The average molecular weight is 343 g/mol. The first-order valence-electron chi connectivity index (χ1n) is 8.04. The second-order valence-electron chi connectivity index (χ2n) is 5.95. The Kier molecular flexibility index (Phi) is 5.16. The van der Waals surface area contributed by atoms with Crippen molar-refractivity contribution in [2.24, 2.45) is 5.92 Å². The van der Waals surface area contributed by atoms with Crippen LogP contribution in [0.3, 0.4) is 0 Å².